The second kappa shape index (κ2) is 7.66. The predicted octanol–water partition coefficient (Wildman–Crippen LogP) is 2.08. The molecule has 0 saturated carbocycles. The lowest BCUT2D eigenvalue weighted by Crippen LogP contribution is -2.38. The molecule has 0 bridgehead atoms. The lowest BCUT2D eigenvalue weighted by atomic mass is 9.94. The summed E-state index contributed by atoms with van der Waals surface area (Å²) >= 11 is 0. The Balaban J connectivity index is 1.37. The van der Waals surface area contributed by atoms with Crippen molar-refractivity contribution in [2.75, 3.05) is 19.6 Å². The maximum atomic E-state index is 13.3. The summed E-state index contributed by atoms with van der Waals surface area (Å²) in [4.78, 5) is 49.0. The highest BCUT2D eigenvalue weighted by Crippen LogP contribution is 2.33. The first kappa shape index (κ1) is 20.0. The molecule has 0 unspecified atom stereocenters. The van der Waals surface area contributed by atoms with Gasteiger partial charge in [0.05, 0.1) is 17.8 Å². The number of furan rings is 1. The van der Waals surface area contributed by atoms with Gasteiger partial charge in [-0.2, -0.15) is 0 Å². The number of hydrogen-bond acceptors (Lipinski definition) is 5. The minimum Gasteiger partial charge on any atom is -0.465 e. The number of aromatic amines is 1. The molecule has 0 spiro atoms. The van der Waals surface area contributed by atoms with Crippen LogP contribution >= 0.6 is 0 Å². The molecule has 4 heterocycles. The van der Waals surface area contributed by atoms with E-state index in [9.17, 15) is 14.4 Å². The number of likely N-dealkylation sites (tertiary alicyclic amines) is 1. The number of rotatable bonds is 2. The molecule has 2 aliphatic heterocycles. The highest BCUT2D eigenvalue weighted by atomic mass is 16.3. The lowest BCUT2D eigenvalue weighted by Gasteiger charge is -2.27. The Hall–Kier alpha value is -2.90. The molecule has 1 aliphatic carbocycles. The first-order valence-electron chi connectivity index (χ1n) is 11.2. The molecule has 3 aliphatic rings. The van der Waals surface area contributed by atoms with Crippen LogP contribution in [0.2, 0.25) is 0 Å². The number of aryl methyl sites for hydroxylation is 2. The van der Waals surface area contributed by atoms with Gasteiger partial charge in [-0.25, -0.2) is 4.98 Å². The molecule has 8 heteroatoms. The second-order valence-corrected chi connectivity index (χ2v) is 8.95. The Morgan fingerprint density at radius 1 is 1.10 bits per heavy atom. The van der Waals surface area contributed by atoms with Crippen molar-refractivity contribution in [3.05, 3.63) is 50.1 Å². The van der Waals surface area contributed by atoms with Gasteiger partial charge in [0, 0.05) is 50.0 Å². The minimum absolute atomic E-state index is 0.00858. The fourth-order valence-electron chi connectivity index (χ4n) is 5.23. The van der Waals surface area contributed by atoms with E-state index in [1.165, 1.54) is 6.92 Å². The van der Waals surface area contributed by atoms with Crippen LogP contribution in [0.3, 0.4) is 0 Å². The van der Waals surface area contributed by atoms with Gasteiger partial charge in [0.2, 0.25) is 5.91 Å². The van der Waals surface area contributed by atoms with E-state index in [0.29, 0.717) is 55.4 Å². The molecule has 0 aromatic carbocycles. The number of nitrogens with zero attached hydrogens (tertiary/aromatic N) is 3. The van der Waals surface area contributed by atoms with Crippen LogP contribution in [0.5, 0.6) is 0 Å². The summed E-state index contributed by atoms with van der Waals surface area (Å²) in [5.74, 6) is 2.30. The summed E-state index contributed by atoms with van der Waals surface area (Å²) in [7, 11) is 0. The Morgan fingerprint density at radius 2 is 1.90 bits per heavy atom. The average molecular weight is 425 g/mol. The van der Waals surface area contributed by atoms with Crippen molar-refractivity contribution in [3.63, 3.8) is 0 Å². The zero-order valence-electron chi connectivity index (χ0n) is 18.1. The van der Waals surface area contributed by atoms with Gasteiger partial charge < -0.3 is 19.2 Å². The molecule has 8 nitrogen and oxygen atoms in total. The fraction of sp³-hybridized carbons (Fsp3) is 0.565. The number of carbonyl (C=O) groups is 2. The minimum atomic E-state index is -0.118. The number of H-pyrrole nitrogens is 1. The second-order valence-electron chi connectivity index (χ2n) is 8.95. The van der Waals surface area contributed by atoms with E-state index < -0.39 is 0 Å². The smallest absolute Gasteiger partial charge is 0.257 e. The van der Waals surface area contributed by atoms with Crippen LogP contribution in [-0.2, 0) is 30.6 Å². The van der Waals surface area contributed by atoms with Gasteiger partial charge in [0.1, 0.15) is 17.3 Å². The summed E-state index contributed by atoms with van der Waals surface area (Å²) in [6, 6.07) is 0. The molecule has 5 rings (SSSR count). The van der Waals surface area contributed by atoms with Crippen LogP contribution < -0.4 is 5.56 Å². The van der Waals surface area contributed by atoms with Gasteiger partial charge >= 0.3 is 0 Å². The van der Waals surface area contributed by atoms with Crippen LogP contribution in [0.1, 0.15) is 76.6 Å². The summed E-state index contributed by atoms with van der Waals surface area (Å²) < 4.78 is 5.90. The van der Waals surface area contributed by atoms with Crippen molar-refractivity contribution in [1.29, 1.82) is 0 Å². The number of carbonyl (C=O) groups excluding carboxylic acids is 2. The molecule has 0 radical (unpaired) electrons. The first-order valence-corrected chi connectivity index (χ1v) is 11.2. The van der Waals surface area contributed by atoms with Crippen LogP contribution in [0.15, 0.2) is 9.21 Å². The monoisotopic (exact) mass is 424 g/mol. The van der Waals surface area contributed by atoms with Crippen molar-refractivity contribution in [1.82, 2.24) is 19.8 Å². The number of nitrogens with one attached hydrogen (secondary N) is 1. The highest BCUT2D eigenvalue weighted by molar-refractivity contribution is 5.97. The van der Waals surface area contributed by atoms with E-state index in [1.807, 2.05) is 11.8 Å². The van der Waals surface area contributed by atoms with Gasteiger partial charge in [-0.1, -0.05) is 0 Å². The molecule has 2 aromatic heterocycles. The predicted molar refractivity (Wildman–Crippen MR) is 113 cm³/mol. The van der Waals surface area contributed by atoms with Crippen LogP contribution in [0.25, 0.3) is 0 Å². The Morgan fingerprint density at radius 3 is 2.71 bits per heavy atom. The van der Waals surface area contributed by atoms with E-state index in [4.69, 9.17) is 9.40 Å². The van der Waals surface area contributed by atoms with Crippen LogP contribution in [0, 0.1) is 6.92 Å². The molecule has 1 saturated heterocycles. The molecular weight excluding hydrogens is 396 g/mol. The van der Waals surface area contributed by atoms with Gasteiger partial charge in [-0.05, 0) is 39.0 Å². The lowest BCUT2D eigenvalue weighted by molar-refractivity contribution is -0.129. The van der Waals surface area contributed by atoms with E-state index in [0.717, 1.165) is 49.0 Å². The molecule has 1 atom stereocenters. The maximum Gasteiger partial charge on any atom is 0.257 e. The summed E-state index contributed by atoms with van der Waals surface area (Å²) in [6.07, 6.45) is 5.28. The standard InChI is InChI=1S/C23H28N4O4/c1-13-20(17-5-3-4-6-19(17)31-13)23(30)27-9-7-15(11-27)21-24-18-12-26(14(2)28)10-8-16(18)22(29)25-21/h15H,3-12H2,1-2H3,(H,24,25,29)/t15-/m1/s1. The average Bonchev–Trinajstić information content (AvgIpc) is 3.37. The van der Waals surface area contributed by atoms with Gasteiger partial charge in [0.15, 0.2) is 0 Å². The number of aromatic nitrogens is 2. The third-order valence-electron chi connectivity index (χ3n) is 6.96. The Bertz CT molecular complexity index is 1120. The van der Waals surface area contributed by atoms with Gasteiger partial charge in [-0.15, -0.1) is 0 Å². The molecule has 1 fully saturated rings. The zero-order chi connectivity index (χ0) is 21.7. The maximum absolute atomic E-state index is 13.3. The summed E-state index contributed by atoms with van der Waals surface area (Å²) in [5, 5.41) is 0. The molecule has 2 amide bonds. The van der Waals surface area contributed by atoms with Crippen molar-refractivity contribution in [2.24, 2.45) is 0 Å². The van der Waals surface area contributed by atoms with E-state index in [2.05, 4.69) is 4.98 Å². The van der Waals surface area contributed by atoms with Crippen LogP contribution in [0.4, 0.5) is 0 Å². The third kappa shape index (κ3) is 3.47. The van der Waals surface area contributed by atoms with Gasteiger partial charge in [-0.3, -0.25) is 14.4 Å². The topological polar surface area (TPSA) is 99.5 Å². The Labute approximate surface area is 180 Å². The molecule has 1 N–H and O–H groups in total. The number of amides is 2. The van der Waals surface area contributed by atoms with Gasteiger partial charge in [0.25, 0.3) is 11.5 Å². The van der Waals surface area contributed by atoms with E-state index in [1.54, 1.807) is 4.90 Å². The molecule has 2 aromatic rings. The van der Waals surface area contributed by atoms with Crippen molar-refractivity contribution in [3.8, 4) is 0 Å². The molecule has 31 heavy (non-hydrogen) atoms. The number of hydrogen-bond donors (Lipinski definition) is 1. The van der Waals surface area contributed by atoms with Crippen molar-refractivity contribution < 1.29 is 14.0 Å². The largest absolute Gasteiger partial charge is 0.465 e. The molecule has 164 valence electrons. The normalized spacial score (nSPS) is 20.5. The van der Waals surface area contributed by atoms with Crippen molar-refractivity contribution >= 4 is 11.8 Å². The van der Waals surface area contributed by atoms with Crippen molar-refractivity contribution in [2.45, 2.75) is 64.8 Å². The van der Waals surface area contributed by atoms with E-state index in [-0.39, 0.29) is 23.3 Å². The summed E-state index contributed by atoms with van der Waals surface area (Å²) in [5.41, 5.74) is 3.06. The highest BCUT2D eigenvalue weighted by Gasteiger charge is 2.34. The van der Waals surface area contributed by atoms with E-state index >= 15 is 0 Å². The summed E-state index contributed by atoms with van der Waals surface area (Å²) in [6.45, 7) is 5.49. The third-order valence-corrected chi connectivity index (χ3v) is 6.96. The first-order chi connectivity index (χ1) is 14.9. The zero-order valence-corrected chi connectivity index (χ0v) is 18.1. The van der Waals surface area contributed by atoms with Crippen LogP contribution in [-0.4, -0.2) is 51.2 Å². The SMILES string of the molecule is CC(=O)N1CCc2c(nc([C@@H]3CCN(C(=O)c4c(C)oc5c4CCCC5)C3)[nH]c2=O)C1. The Kier molecular flexibility index (Phi) is 4.95. The quantitative estimate of drug-likeness (QED) is 0.796. The fourth-order valence-corrected chi connectivity index (χ4v) is 5.23. The molecular formula is C23H28N4O4. The number of fused-ring (bicyclic) bond motifs is 2.